The minimum absolute atomic E-state index is 0.0427. The monoisotopic (exact) mass is 262 g/mol. The van der Waals surface area contributed by atoms with Crippen molar-refractivity contribution in [2.75, 3.05) is 0 Å². The van der Waals surface area contributed by atoms with E-state index in [0.29, 0.717) is 0 Å². The molecule has 4 aromatic rings. The molecule has 4 rings (SSSR count). The molecule has 2 nitrogen and oxygen atoms in total. The molecule has 0 radical (unpaired) electrons. The van der Waals surface area contributed by atoms with Crippen LogP contribution in [-0.2, 0) is 13.2 Å². The van der Waals surface area contributed by atoms with Gasteiger partial charge in [-0.25, -0.2) is 0 Å². The van der Waals surface area contributed by atoms with Crippen molar-refractivity contribution in [3.05, 3.63) is 59.7 Å². The van der Waals surface area contributed by atoms with Crippen LogP contribution >= 0.6 is 0 Å². The molecule has 0 bridgehead atoms. The van der Waals surface area contributed by atoms with Gasteiger partial charge in [-0.2, -0.15) is 0 Å². The summed E-state index contributed by atoms with van der Waals surface area (Å²) in [7, 11) is 0. The van der Waals surface area contributed by atoms with Gasteiger partial charge in [0.2, 0.25) is 0 Å². The van der Waals surface area contributed by atoms with Gasteiger partial charge in [0.05, 0.1) is 13.2 Å². The smallest absolute Gasteiger partial charge is 0.0687 e. The SMILES string of the molecule is OCc1ccc2ccc3ccc(CO)c4ccc1c2c34. The predicted octanol–water partition coefficient (Wildman–Crippen LogP) is 3.57. The summed E-state index contributed by atoms with van der Waals surface area (Å²) in [5.41, 5.74) is 1.89. The van der Waals surface area contributed by atoms with E-state index in [9.17, 15) is 10.2 Å². The van der Waals surface area contributed by atoms with Crippen LogP contribution in [0.15, 0.2) is 48.5 Å². The Hall–Kier alpha value is -2.16. The van der Waals surface area contributed by atoms with Gasteiger partial charge in [-0.15, -0.1) is 0 Å². The number of benzene rings is 4. The van der Waals surface area contributed by atoms with E-state index in [1.807, 2.05) is 12.1 Å². The van der Waals surface area contributed by atoms with Crippen molar-refractivity contribution in [1.82, 2.24) is 0 Å². The van der Waals surface area contributed by atoms with E-state index in [1.54, 1.807) is 0 Å². The molecule has 2 N–H and O–H groups in total. The highest BCUT2D eigenvalue weighted by Crippen LogP contribution is 2.37. The molecular weight excluding hydrogens is 248 g/mol. The first-order valence-corrected chi connectivity index (χ1v) is 6.73. The first-order chi connectivity index (χ1) is 9.83. The minimum Gasteiger partial charge on any atom is -0.392 e. The molecule has 0 amide bonds. The van der Waals surface area contributed by atoms with Gasteiger partial charge in [0.1, 0.15) is 0 Å². The first kappa shape index (κ1) is 11.6. The molecular formula is C18H14O2. The number of hydrogen-bond donors (Lipinski definition) is 2. The summed E-state index contributed by atoms with van der Waals surface area (Å²) in [5, 5.41) is 26.0. The van der Waals surface area contributed by atoms with Gasteiger partial charge >= 0.3 is 0 Å². The summed E-state index contributed by atoms with van der Waals surface area (Å²) < 4.78 is 0. The molecule has 98 valence electrons. The normalized spacial score (nSPS) is 11.9. The highest BCUT2D eigenvalue weighted by atomic mass is 16.3. The van der Waals surface area contributed by atoms with Crippen molar-refractivity contribution < 1.29 is 10.2 Å². The molecule has 0 aliphatic heterocycles. The maximum atomic E-state index is 9.53. The molecule has 4 aromatic carbocycles. The summed E-state index contributed by atoms with van der Waals surface area (Å²) in [5.74, 6) is 0. The van der Waals surface area contributed by atoms with Crippen molar-refractivity contribution in [2.45, 2.75) is 13.2 Å². The lowest BCUT2D eigenvalue weighted by Gasteiger charge is -2.14. The Bertz CT molecular complexity index is 848. The van der Waals surface area contributed by atoms with Crippen molar-refractivity contribution in [2.24, 2.45) is 0 Å². The van der Waals surface area contributed by atoms with Crippen LogP contribution in [0.2, 0.25) is 0 Å². The Morgan fingerprint density at radius 1 is 0.550 bits per heavy atom. The zero-order valence-corrected chi connectivity index (χ0v) is 10.9. The topological polar surface area (TPSA) is 40.5 Å². The van der Waals surface area contributed by atoms with Crippen LogP contribution in [0.25, 0.3) is 32.3 Å². The van der Waals surface area contributed by atoms with E-state index in [-0.39, 0.29) is 13.2 Å². The first-order valence-electron chi connectivity index (χ1n) is 6.73. The predicted molar refractivity (Wildman–Crippen MR) is 82.0 cm³/mol. The van der Waals surface area contributed by atoms with Crippen molar-refractivity contribution in [3.8, 4) is 0 Å². The maximum Gasteiger partial charge on any atom is 0.0687 e. The largest absolute Gasteiger partial charge is 0.392 e. The second kappa shape index (κ2) is 4.17. The van der Waals surface area contributed by atoms with Gasteiger partial charge in [0.25, 0.3) is 0 Å². The molecule has 0 heterocycles. The molecule has 0 aliphatic rings. The number of aliphatic hydroxyl groups excluding tert-OH is 2. The lowest BCUT2D eigenvalue weighted by molar-refractivity contribution is 0.283. The summed E-state index contributed by atoms with van der Waals surface area (Å²) in [6.45, 7) is 0.0854. The molecule has 0 aromatic heterocycles. The maximum absolute atomic E-state index is 9.53. The molecule has 0 saturated carbocycles. The molecule has 20 heavy (non-hydrogen) atoms. The summed E-state index contributed by atoms with van der Waals surface area (Å²) >= 11 is 0. The number of rotatable bonds is 2. The van der Waals surface area contributed by atoms with Gasteiger partial charge in [0, 0.05) is 0 Å². The number of hydrogen-bond acceptors (Lipinski definition) is 2. The van der Waals surface area contributed by atoms with Crippen LogP contribution in [0.5, 0.6) is 0 Å². The second-order valence-corrected chi connectivity index (χ2v) is 5.19. The fourth-order valence-corrected chi connectivity index (χ4v) is 3.20. The Kier molecular flexibility index (Phi) is 2.43. The van der Waals surface area contributed by atoms with Crippen LogP contribution in [0.4, 0.5) is 0 Å². The Morgan fingerprint density at radius 3 is 1.35 bits per heavy atom. The van der Waals surface area contributed by atoms with E-state index in [2.05, 4.69) is 36.4 Å². The Balaban J connectivity index is 2.33. The average Bonchev–Trinajstić information content (AvgIpc) is 2.52. The molecule has 0 atom stereocenters. The van der Waals surface area contributed by atoms with Gasteiger partial charge in [-0.3, -0.25) is 0 Å². The fraction of sp³-hybridized carbons (Fsp3) is 0.111. The second-order valence-electron chi connectivity index (χ2n) is 5.19. The van der Waals surface area contributed by atoms with Crippen LogP contribution in [0.1, 0.15) is 11.1 Å². The van der Waals surface area contributed by atoms with Crippen molar-refractivity contribution in [3.63, 3.8) is 0 Å². The van der Waals surface area contributed by atoms with Crippen LogP contribution in [0.3, 0.4) is 0 Å². The quantitative estimate of drug-likeness (QED) is 0.542. The highest BCUT2D eigenvalue weighted by Gasteiger charge is 2.12. The van der Waals surface area contributed by atoms with E-state index >= 15 is 0 Å². The zero-order chi connectivity index (χ0) is 13.7. The van der Waals surface area contributed by atoms with Crippen molar-refractivity contribution in [1.29, 1.82) is 0 Å². The Morgan fingerprint density at radius 2 is 0.950 bits per heavy atom. The third-order valence-electron chi connectivity index (χ3n) is 4.19. The number of aliphatic hydroxyl groups is 2. The van der Waals surface area contributed by atoms with E-state index in [1.165, 1.54) is 21.5 Å². The standard InChI is InChI=1S/C18H14O2/c19-9-13-5-3-11-1-2-12-4-6-14(10-20)16-8-7-15(13)17(11)18(12)16/h1-8,19-20H,9-10H2. The van der Waals surface area contributed by atoms with Crippen LogP contribution < -0.4 is 0 Å². The van der Waals surface area contributed by atoms with Gasteiger partial charge < -0.3 is 10.2 Å². The molecule has 0 saturated heterocycles. The molecule has 2 heteroatoms. The highest BCUT2D eigenvalue weighted by molar-refractivity contribution is 6.24. The van der Waals surface area contributed by atoms with Crippen LogP contribution in [-0.4, -0.2) is 10.2 Å². The van der Waals surface area contributed by atoms with Crippen molar-refractivity contribution >= 4 is 32.3 Å². The lowest BCUT2D eigenvalue weighted by Crippen LogP contribution is -1.92. The van der Waals surface area contributed by atoms with Gasteiger partial charge in [-0.05, 0) is 43.4 Å². The molecule has 0 spiro atoms. The molecule has 0 aliphatic carbocycles. The average molecular weight is 262 g/mol. The van der Waals surface area contributed by atoms with Gasteiger partial charge in [0.15, 0.2) is 0 Å². The van der Waals surface area contributed by atoms with E-state index in [0.717, 1.165) is 21.9 Å². The summed E-state index contributed by atoms with van der Waals surface area (Å²) in [6.07, 6.45) is 0. The third-order valence-corrected chi connectivity index (χ3v) is 4.19. The summed E-state index contributed by atoms with van der Waals surface area (Å²) in [4.78, 5) is 0. The van der Waals surface area contributed by atoms with E-state index < -0.39 is 0 Å². The van der Waals surface area contributed by atoms with Crippen LogP contribution in [0, 0.1) is 0 Å². The summed E-state index contributed by atoms with van der Waals surface area (Å²) in [6, 6.07) is 16.4. The zero-order valence-electron chi connectivity index (χ0n) is 10.9. The van der Waals surface area contributed by atoms with Gasteiger partial charge in [-0.1, -0.05) is 48.5 Å². The molecule has 0 unspecified atom stereocenters. The van der Waals surface area contributed by atoms with E-state index in [4.69, 9.17) is 0 Å². The molecule has 0 fully saturated rings. The fourth-order valence-electron chi connectivity index (χ4n) is 3.20. The lowest BCUT2D eigenvalue weighted by atomic mass is 9.90. The third kappa shape index (κ3) is 1.40. The Labute approximate surface area is 116 Å². The minimum atomic E-state index is 0.0427.